The van der Waals surface area contributed by atoms with E-state index in [9.17, 15) is 0 Å². The molecular formula is C20H31BrIN3OS. The van der Waals surface area contributed by atoms with E-state index in [4.69, 9.17) is 4.74 Å². The van der Waals surface area contributed by atoms with Crippen LogP contribution in [0, 0.1) is 0 Å². The van der Waals surface area contributed by atoms with E-state index in [0.717, 1.165) is 49.6 Å². The molecule has 1 atom stereocenters. The van der Waals surface area contributed by atoms with Crippen molar-refractivity contribution < 1.29 is 4.74 Å². The molecule has 1 unspecified atom stereocenters. The van der Waals surface area contributed by atoms with Crippen molar-refractivity contribution in [1.82, 2.24) is 10.6 Å². The van der Waals surface area contributed by atoms with Crippen molar-refractivity contribution >= 4 is 57.6 Å². The third-order valence-corrected chi connectivity index (χ3v) is 7.72. The molecule has 3 rings (SSSR count). The number of guanidine groups is 1. The second-order valence-electron chi connectivity index (χ2n) is 7.58. The Balaban J connectivity index is 0.00000261. The van der Waals surface area contributed by atoms with Crippen LogP contribution >= 0.6 is 51.7 Å². The molecule has 4 nitrogen and oxygen atoms in total. The van der Waals surface area contributed by atoms with Gasteiger partial charge in [-0.15, -0.1) is 24.0 Å². The maximum atomic E-state index is 5.65. The topological polar surface area (TPSA) is 45.7 Å². The first-order chi connectivity index (χ1) is 12.6. The average molecular weight is 568 g/mol. The second-order valence-corrected chi connectivity index (χ2v) is 10.2. The highest BCUT2D eigenvalue weighted by Crippen LogP contribution is 2.37. The zero-order valence-corrected chi connectivity index (χ0v) is 21.0. The number of nitrogens with one attached hydrogen (secondary N) is 2. The standard InChI is InChI=1S/C20H30BrN3OS.HI/c1-19(8-3-13-26-19)14-23-18(22-2)24-15-20(9-11-25-12-10-20)16-4-6-17(21)7-5-16;/h4-7H,3,8-15H2,1-2H3,(H2,22,23,24);1H. The first-order valence-electron chi connectivity index (χ1n) is 9.48. The quantitative estimate of drug-likeness (QED) is 0.311. The Morgan fingerprint density at radius 2 is 1.81 bits per heavy atom. The van der Waals surface area contributed by atoms with Crippen LogP contribution in [0.1, 0.15) is 38.2 Å². The van der Waals surface area contributed by atoms with Crippen molar-refractivity contribution in [2.45, 2.75) is 42.8 Å². The van der Waals surface area contributed by atoms with Crippen LogP contribution < -0.4 is 10.6 Å². The van der Waals surface area contributed by atoms with Gasteiger partial charge in [0.1, 0.15) is 0 Å². The van der Waals surface area contributed by atoms with Crippen molar-refractivity contribution in [2.24, 2.45) is 4.99 Å². The predicted octanol–water partition coefficient (Wildman–Crippen LogP) is 4.57. The van der Waals surface area contributed by atoms with Gasteiger partial charge in [0.2, 0.25) is 0 Å². The Kier molecular flexibility index (Phi) is 9.22. The van der Waals surface area contributed by atoms with E-state index in [1.807, 2.05) is 7.05 Å². The minimum absolute atomic E-state index is 0. The molecule has 0 aliphatic carbocycles. The molecule has 7 heteroatoms. The fraction of sp³-hybridized carbons (Fsp3) is 0.650. The van der Waals surface area contributed by atoms with E-state index < -0.39 is 0 Å². The van der Waals surface area contributed by atoms with Crippen LogP contribution in [0.4, 0.5) is 0 Å². The fourth-order valence-electron chi connectivity index (χ4n) is 3.85. The average Bonchev–Trinajstić information content (AvgIpc) is 3.10. The van der Waals surface area contributed by atoms with Crippen LogP contribution in [0.25, 0.3) is 0 Å². The highest BCUT2D eigenvalue weighted by molar-refractivity contribution is 14.0. The zero-order valence-electron chi connectivity index (χ0n) is 16.2. The number of thioether (sulfide) groups is 1. The molecule has 1 aromatic carbocycles. The number of rotatable bonds is 5. The summed E-state index contributed by atoms with van der Waals surface area (Å²) < 4.78 is 7.10. The van der Waals surface area contributed by atoms with Gasteiger partial charge in [-0.3, -0.25) is 4.99 Å². The summed E-state index contributed by atoms with van der Waals surface area (Å²) in [5.74, 6) is 2.18. The van der Waals surface area contributed by atoms with Crippen LogP contribution in [-0.4, -0.2) is 49.8 Å². The van der Waals surface area contributed by atoms with E-state index in [2.05, 4.69) is 74.5 Å². The minimum Gasteiger partial charge on any atom is -0.381 e. The van der Waals surface area contributed by atoms with Gasteiger partial charge in [-0.1, -0.05) is 28.1 Å². The summed E-state index contributed by atoms with van der Waals surface area (Å²) in [6.07, 6.45) is 4.67. The molecular weight excluding hydrogens is 537 g/mol. The number of nitrogens with zero attached hydrogens (tertiary/aromatic N) is 1. The van der Waals surface area contributed by atoms with Gasteiger partial charge in [-0.05, 0) is 56.1 Å². The van der Waals surface area contributed by atoms with Gasteiger partial charge in [-0.2, -0.15) is 11.8 Å². The monoisotopic (exact) mass is 567 g/mol. The van der Waals surface area contributed by atoms with Crippen LogP contribution in [0.5, 0.6) is 0 Å². The summed E-state index contributed by atoms with van der Waals surface area (Å²) in [6, 6.07) is 8.75. The van der Waals surface area contributed by atoms with Gasteiger partial charge < -0.3 is 15.4 Å². The van der Waals surface area contributed by atoms with E-state index in [0.29, 0.717) is 4.75 Å². The van der Waals surface area contributed by atoms with Crippen molar-refractivity contribution in [3.63, 3.8) is 0 Å². The number of halogens is 2. The molecule has 2 aliphatic heterocycles. The van der Waals surface area contributed by atoms with Crippen molar-refractivity contribution in [3.8, 4) is 0 Å². The summed E-state index contributed by atoms with van der Waals surface area (Å²) in [5, 5.41) is 7.15. The molecule has 2 heterocycles. The number of hydrogen-bond acceptors (Lipinski definition) is 3. The third-order valence-electron chi connectivity index (χ3n) is 5.65. The van der Waals surface area contributed by atoms with Gasteiger partial charge in [0.05, 0.1) is 0 Å². The molecule has 27 heavy (non-hydrogen) atoms. The highest BCUT2D eigenvalue weighted by Gasteiger charge is 2.35. The summed E-state index contributed by atoms with van der Waals surface area (Å²) in [5.41, 5.74) is 1.48. The second kappa shape index (κ2) is 10.7. The largest absolute Gasteiger partial charge is 0.381 e. The Morgan fingerprint density at radius 1 is 1.15 bits per heavy atom. The molecule has 2 aliphatic rings. The number of benzene rings is 1. The Morgan fingerprint density at radius 3 is 2.41 bits per heavy atom. The van der Waals surface area contributed by atoms with Crippen molar-refractivity contribution in [3.05, 3.63) is 34.3 Å². The first-order valence-corrected chi connectivity index (χ1v) is 11.3. The molecule has 0 radical (unpaired) electrons. The normalized spacial score (nSPS) is 24.9. The van der Waals surface area contributed by atoms with Crippen LogP contribution in [-0.2, 0) is 10.2 Å². The molecule has 2 N–H and O–H groups in total. The van der Waals surface area contributed by atoms with E-state index in [1.54, 1.807) is 0 Å². The zero-order chi connectivity index (χ0) is 18.5. The molecule has 0 spiro atoms. The summed E-state index contributed by atoms with van der Waals surface area (Å²) in [4.78, 5) is 4.45. The van der Waals surface area contributed by atoms with E-state index in [-0.39, 0.29) is 29.4 Å². The van der Waals surface area contributed by atoms with Gasteiger partial charge in [0.25, 0.3) is 0 Å². The molecule has 0 aromatic heterocycles. The molecule has 0 saturated carbocycles. The highest BCUT2D eigenvalue weighted by atomic mass is 127. The smallest absolute Gasteiger partial charge is 0.191 e. The number of hydrogen-bond donors (Lipinski definition) is 2. The lowest BCUT2D eigenvalue weighted by molar-refractivity contribution is 0.0514. The Hall–Kier alpha value is 0.01000. The van der Waals surface area contributed by atoms with Gasteiger partial charge in [0.15, 0.2) is 5.96 Å². The van der Waals surface area contributed by atoms with Crippen LogP contribution in [0.2, 0.25) is 0 Å². The molecule has 2 saturated heterocycles. The van der Waals surface area contributed by atoms with Crippen molar-refractivity contribution in [2.75, 3.05) is 39.1 Å². The fourth-order valence-corrected chi connectivity index (χ4v) is 5.36. The van der Waals surface area contributed by atoms with Crippen molar-refractivity contribution in [1.29, 1.82) is 0 Å². The van der Waals surface area contributed by atoms with E-state index >= 15 is 0 Å². The van der Waals surface area contributed by atoms with Crippen LogP contribution in [0.3, 0.4) is 0 Å². The predicted molar refractivity (Wildman–Crippen MR) is 131 cm³/mol. The Labute approximate surface area is 193 Å². The van der Waals surface area contributed by atoms with Gasteiger partial charge >= 0.3 is 0 Å². The number of aliphatic imine (C=N–C) groups is 1. The van der Waals surface area contributed by atoms with E-state index in [1.165, 1.54) is 24.2 Å². The number of ether oxygens (including phenoxy) is 1. The maximum absolute atomic E-state index is 5.65. The first kappa shape index (κ1) is 23.3. The lowest BCUT2D eigenvalue weighted by Gasteiger charge is -2.38. The van der Waals surface area contributed by atoms with Gasteiger partial charge in [0, 0.05) is 48.0 Å². The summed E-state index contributed by atoms with van der Waals surface area (Å²) in [7, 11) is 1.86. The SMILES string of the molecule is CN=C(NCC1(C)CCCS1)NCC1(c2ccc(Br)cc2)CCOCC1.I. The minimum atomic E-state index is 0. The molecule has 2 fully saturated rings. The lowest BCUT2D eigenvalue weighted by Crippen LogP contribution is -2.50. The van der Waals surface area contributed by atoms with Gasteiger partial charge in [-0.25, -0.2) is 0 Å². The van der Waals surface area contributed by atoms with Crippen LogP contribution in [0.15, 0.2) is 33.7 Å². The Bertz CT molecular complexity index is 614. The molecule has 0 amide bonds. The molecule has 1 aromatic rings. The maximum Gasteiger partial charge on any atom is 0.191 e. The lowest BCUT2D eigenvalue weighted by atomic mass is 9.74. The molecule has 152 valence electrons. The molecule has 0 bridgehead atoms. The summed E-state index contributed by atoms with van der Waals surface area (Å²) in [6.45, 7) is 5.83. The summed E-state index contributed by atoms with van der Waals surface area (Å²) >= 11 is 5.62. The third kappa shape index (κ3) is 6.24.